The van der Waals surface area contributed by atoms with E-state index in [0.29, 0.717) is 5.56 Å². The lowest BCUT2D eigenvalue weighted by Gasteiger charge is -2.39. The number of aromatic hydroxyl groups is 2. The van der Waals surface area contributed by atoms with Crippen LogP contribution in [0.5, 0.6) is 28.7 Å². The molecule has 3 aliphatic heterocycles. The maximum absolute atomic E-state index is 13.0. The van der Waals surface area contributed by atoms with E-state index in [1.807, 2.05) is 0 Å². The molecule has 7 atom stereocenters. The fourth-order valence-corrected chi connectivity index (χ4v) is 4.15. The molecule has 3 heterocycles. The maximum atomic E-state index is 13.0. The Bertz CT molecular complexity index is 1070. The number of aliphatic hydroxyl groups is 4. The van der Waals surface area contributed by atoms with Crippen molar-refractivity contribution in [3.63, 3.8) is 0 Å². The second-order valence-corrected chi connectivity index (χ2v) is 7.80. The molecule has 0 spiro atoms. The summed E-state index contributed by atoms with van der Waals surface area (Å²) in [6, 6.07) is 6.75. The van der Waals surface area contributed by atoms with Gasteiger partial charge in [0.25, 0.3) is 6.29 Å². The van der Waals surface area contributed by atoms with Crippen LogP contribution in [-0.2, 0) is 4.74 Å². The zero-order valence-corrected chi connectivity index (χ0v) is 16.4. The maximum Gasteiger partial charge on any atom is 0.255 e. The summed E-state index contributed by atoms with van der Waals surface area (Å²) in [5.41, 5.74) is 0.432. The van der Waals surface area contributed by atoms with Gasteiger partial charge in [-0.05, 0) is 6.07 Å². The minimum atomic E-state index is -1.59. The van der Waals surface area contributed by atoms with Crippen LogP contribution < -0.4 is 14.2 Å². The first-order valence-corrected chi connectivity index (χ1v) is 9.83. The number of aliphatic hydroxyl groups excluding tert-OH is 4. The highest BCUT2D eigenvalue weighted by Gasteiger charge is 2.48. The van der Waals surface area contributed by atoms with Crippen molar-refractivity contribution >= 4 is 5.78 Å². The number of ether oxygens (including phenoxy) is 4. The SMILES string of the molecule is O=C1c2c(O)cc(O)cc2OC2Oc3cc(O[C@@H]4O[C@H](CO)[C@@H](O)[C@H](O)[C@H]4O)ccc3C12. The highest BCUT2D eigenvalue weighted by molar-refractivity contribution is 6.07. The molecule has 0 bridgehead atoms. The Morgan fingerprint density at radius 3 is 2.44 bits per heavy atom. The molecule has 5 rings (SSSR count). The molecular formula is C21H20O11. The number of carbonyl (C=O) groups is 1. The Labute approximate surface area is 180 Å². The predicted octanol–water partition coefficient (Wildman–Crippen LogP) is -0.646. The average molecular weight is 448 g/mol. The fourth-order valence-electron chi connectivity index (χ4n) is 4.15. The van der Waals surface area contributed by atoms with Crippen molar-refractivity contribution < 1.29 is 54.4 Å². The second kappa shape index (κ2) is 7.50. The van der Waals surface area contributed by atoms with Crippen molar-refractivity contribution in [3.05, 3.63) is 41.5 Å². The molecule has 11 nitrogen and oxygen atoms in total. The third-order valence-electron chi connectivity index (χ3n) is 5.77. The van der Waals surface area contributed by atoms with Crippen molar-refractivity contribution in [2.75, 3.05) is 6.61 Å². The number of hydrogen-bond donors (Lipinski definition) is 6. The van der Waals surface area contributed by atoms with Gasteiger partial charge in [0.05, 0.1) is 6.61 Å². The third kappa shape index (κ3) is 3.14. The van der Waals surface area contributed by atoms with E-state index >= 15 is 0 Å². The molecule has 2 aromatic rings. The molecule has 170 valence electrons. The highest BCUT2D eigenvalue weighted by atomic mass is 16.7. The number of hydrogen-bond acceptors (Lipinski definition) is 11. The molecule has 0 aromatic heterocycles. The first-order valence-electron chi connectivity index (χ1n) is 9.83. The summed E-state index contributed by atoms with van der Waals surface area (Å²) in [6.07, 6.45) is -8.21. The number of Topliss-reactive ketones (excluding diaryl/α,β-unsaturated/α-hetero) is 1. The minimum absolute atomic E-state index is 0.000604. The topological polar surface area (TPSA) is 175 Å². The minimum Gasteiger partial charge on any atom is -0.508 e. The Kier molecular flexibility index (Phi) is 4.87. The molecule has 2 unspecified atom stereocenters. The van der Waals surface area contributed by atoms with Crippen LogP contribution in [0.25, 0.3) is 0 Å². The Morgan fingerprint density at radius 2 is 1.69 bits per heavy atom. The third-order valence-corrected chi connectivity index (χ3v) is 5.77. The van der Waals surface area contributed by atoms with E-state index in [4.69, 9.17) is 18.9 Å². The second-order valence-electron chi connectivity index (χ2n) is 7.80. The summed E-state index contributed by atoms with van der Waals surface area (Å²) < 4.78 is 22.3. The summed E-state index contributed by atoms with van der Waals surface area (Å²) in [6.45, 7) is -0.593. The Morgan fingerprint density at radius 1 is 0.938 bits per heavy atom. The Balaban J connectivity index is 1.40. The van der Waals surface area contributed by atoms with Crippen LogP contribution in [0.15, 0.2) is 30.3 Å². The van der Waals surface area contributed by atoms with Gasteiger partial charge in [-0.3, -0.25) is 4.79 Å². The lowest BCUT2D eigenvalue weighted by molar-refractivity contribution is -0.277. The summed E-state index contributed by atoms with van der Waals surface area (Å²) >= 11 is 0. The normalized spacial score (nSPS) is 32.9. The number of phenols is 2. The van der Waals surface area contributed by atoms with E-state index in [1.165, 1.54) is 18.2 Å². The lowest BCUT2D eigenvalue weighted by atomic mass is 9.88. The molecule has 11 heteroatoms. The summed E-state index contributed by atoms with van der Waals surface area (Å²) in [4.78, 5) is 13.0. The van der Waals surface area contributed by atoms with E-state index in [1.54, 1.807) is 6.07 Å². The van der Waals surface area contributed by atoms with Gasteiger partial charge in [-0.2, -0.15) is 0 Å². The lowest BCUT2D eigenvalue weighted by Crippen LogP contribution is -2.60. The van der Waals surface area contributed by atoms with Crippen LogP contribution in [0.1, 0.15) is 21.8 Å². The molecule has 32 heavy (non-hydrogen) atoms. The van der Waals surface area contributed by atoms with E-state index < -0.39 is 61.1 Å². The van der Waals surface area contributed by atoms with Gasteiger partial charge >= 0.3 is 0 Å². The molecular weight excluding hydrogens is 428 g/mol. The van der Waals surface area contributed by atoms with Gasteiger partial charge < -0.3 is 49.6 Å². The quantitative estimate of drug-likeness (QED) is 0.352. The van der Waals surface area contributed by atoms with Gasteiger partial charge in [0.2, 0.25) is 6.29 Å². The first-order chi connectivity index (χ1) is 15.3. The number of benzene rings is 2. The van der Waals surface area contributed by atoms with Crippen LogP contribution in [0.3, 0.4) is 0 Å². The van der Waals surface area contributed by atoms with Gasteiger partial charge in [0.1, 0.15) is 64.6 Å². The summed E-state index contributed by atoms with van der Waals surface area (Å²) in [5, 5.41) is 59.0. The van der Waals surface area contributed by atoms with Gasteiger partial charge in [-0.25, -0.2) is 0 Å². The fraction of sp³-hybridized carbons (Fsp3) is 0.381. The molecule has 1 fully saturated rings. The van der Waals surface area contributed by atoms with Crippen LogP contribution in [0.2, 0.25) is 0 Å². The number of phenolic OH excluding ortho intramolecular Hbond substituents is 2. The van der Waals surface area contributed by atoms with Crippen molar-refractivity contribution in [2.45, 2.75) is 42.9 Å². The molecule has 0 saturated carbocycles. The number of ketones is 1. The Hall–Kier alpha value is -3.09. The van der Waals surface area contributed by atoms with Crippen LogP contribution in [0, 0.1) is 0 Å². The van der Waals surface area contributed by atoms with Crippen molar-refractivity contribution in [3.8, 4) is 28.7 Å². The first kappa shape index (κ1) is 20.8. The molecule has 2 aromatic carbocycles. The molecule has 0 amide bonds. The zero-order valence-electron chi connectivity index (χ0n) is 16.4. The van der Waals surface area contributed by atoms with Crippen LogP contribution in [-0.4, -0.2) is 80.0 Å². The van der Waals surface area contributed by atoms with E-state index in [2.05, 4.69) is 0 Å². The molecule has 3 aliphatic rings. The molecule has 1 saturated heterocycles. The van der Waals surface area contributed by atoms with Gasteiger partial charge in [0.15, 0.2) is 5.78 Å². The smallest absolute Gasteiger partial charge is 0.255 e. The molecule has 0 aliphatic carbocycles. The monoisotopic (exact) mass is 448 g/mol. The number of rotatable bonds is 3. The van der Waals surface area contributed by atoms with E-state index in [0.717, 1.165) is 6.07 Å². The predicted molar refractivity (Wildman–Crippen MR) is 103 cm³/mol. The molecule has 0 radical (unpaired) electrons. The summed E-state index contributed by atoms with van der Waals surface area (Å²) in [5.74, 6) is -1.54. The largest absolute Gasteiger partial charge is 0.508 e. The van der Waals surface area contributed by atoms with Gasteiger partial charge in [-0.15, -0.1) is 0 Å². The zero-order chi connectivity index (χ0) is 22.7. The van der Waals surface area contributed by atoms with E-state index in [-0.39, 0.29) is 28.6 Å². The summed E-state index contributed by atoms with van der Waals surface area (Å²) in [7, 11) is 0. The highest BCUT2D eigenvalue weighted by Crippen LogP contribution is 2.49. The van der Waals surface area contributed by atoms with E-state index in [9.17, 15) is 35.4 Å². The van der Waals surface area contributed by atoms with Crippen LogP contribution in [0.4, 0.5) is 0 Å². The number of carbonyl (C=O) groups excluding carboxylic acids is 1. The average Bonchev–Trinajstić information content (AvgIpc) is 3.11. The number of fused-ring (bicyclic) bond motifs is 4. The standard InChI is InChI=1S/C21H20O11/c22-6-13-16(25)18(27)19(28)21(32-13)29-8-1-2-9-11(5-8)30-20-14(9)17(26)15-10(24)3-7(23)4-12(15)31-20/h1-5,13-14,16,18-25,27-28H,6H2/t13-,14?,16-,18+,19-,20?,21-/m1/s1. The van der Waals surface area contributed by atoms with Crippen molar-refractivity contribution in [1.29, 1.82) is 0 Å². The molecule has 6 N–H and O–H groups in total. The van der Waals surface area contributed by atoms with Crippen LogP contribution >= 0.6 is 0 Å². The van der Waals surface area contributed by atoms with Crippen molar-refractivity contribution in [2.24, 2.45) is 0 Å². The van der Waals surface area contributed by atoms with Gasteiger partial charge in [-0.1, -0.05) is 6.07 Å². The van der Waals surface area contributed by atoms with Gasteiger partial charge in [0, 0.05) is 23.8 Å². The van der Waals surface area contributed by atoms with Crippen molar-refractivity contribution in [1.82, 2.24) is 0 Å².